The molecule has 40 heavy (non-hydrogen) atoms. The molecule has 1 aromatic heterocycles. The van der Waals surface area contributed by atoms with Crippen molar-refractivity contribution in [3.05, 3.63) is 70.9 Å². The summed E-state index contributed by atoms with van der Waals surface area (Å²) >= 11 is 0. The van der Waals surface area contributed by atoms with Crippen molar-refractivity contribution >= 4 is 15.8 Å². The average Bonchev–Trinajstić information content (AvgIpc) is 2.96. The lowest BCUT2D eigenvalue weighted by molar-refractivity contribution is 0.140. The molecule has 3 atom stereocenters. The minimum Gasteiger partial charge on any atom is -0.496 e. The van der Waals surface area contributed by atoms with Crippen LogP contribution in [0, 0.1) is 6.92 Å². The van der Waals surface area contributed by atoms with E-state index in [0.29, 0.717) is 49.0 Å². The first kappa shape index (κ1) is 27.9. The first-order valence-electron chi connectivity index (χ1n) is 13.3. The van der Waals surface area contributed by atoms with Crippen LogP contribution in [0.2, 0.25) is 0 Å². The smallest absolute Gasteiger partial charge is 0.297 e. The van der Waals surface area contributed by atoms with Gasteiger partial charge in [-0.15, -0.1) is 0 Å². The van der Waals surface area contributed by atoms with Crippen LogP contribution >= 0.6 is 0 Å². The number of aliphatic imine (C=N–C) groups is 1. The minimum absolute atomic E-state index is 0.0759. The van der Waals surface area contributed by atoms with Gasteiger partial charge in [-0.3, -0.25) is 9.18 Å². The number of ether oxygens (including phenoxy) is 4. The maximum absolute atomic E-state index is 13.1. The van der Waals surface area contributed by atoms with Crippen LogP contribution in [0.4, 0.5) is 0 Å². The third kappa shape index (κ3) is 5.38. The Balaban J connectivity index is 1.55. The van der Waals surface area contributed by atoms with E-state index in [1.54, 1.807) is 57.9 Å². The van der Waals surface area contributed by atoms with Crippen molar-refractivity contribution in [1.29, 1.82) is 0 Å². The van der Waals surface area contributed by atoms with Gasteiger partial charge < -0.3 is 18.9 Å². The molecule has 2 aliphatic rings. The molecule has 0 saturated heterocycles. The van der Waals surface area contributed by atoms with Gasteiger partial charge in [0.1, 0.15) is 5.75 Å². The topological polar surface area (TPSA) is 106 Å². The van der Waals surface area contributed by atoms with E-state index in [4.69, 9.17) is 28.1 Å². The molecular formula is C30H34N2O7S. The predicted molar refractivity (Wildman–Crippen MR) is 151 cm³/mol. The van der Waals surface area contributed by atoms with Gasteiger partial charge >= 0.3 is 0 Å². The van der Waals surface area contributed by atoms with E-state index in [1.807, 2.05) is 26.0 Å². The number of fused-ring (bicyclic) bond motifs is 3. The summed E-state index contributed by atoms with van der Waals surface area (Å²) in [4.78, 5) is 9.75. The number of pyridine rings is 1. The van der Waals surface area contributed by atoms with Crippen molar-refractivity contribution in [2.24, 2.45) is 4.99 Å². The number of benzene rings is 2. The van der Waals surface area contributed by atoms with Gasteiger partial charge in [-0.05, 0) is 62.9 Å². The first-order chi connectivity index (χ1) is 19.3. The fourth-order valence-electron chi connectivity index (χ4n) is 5.47. The summed E-state index contributed by atoms with van der Waals surface area (Å²) in [6, 6.07) is 12.3. The van der Waals surface area contributed by atoms with Gasteiger partial charge in [-0.25, -0.2) is 4.98 Å². The molecule has 1 aliphatic heterocycles. The number of nitrogens with zero attached hydrogens (tertiary/aromatic N) is 2. The molecule has 0 N–H and O–H groups in total. The highest BCUT2D eigenvalue weighted by molar-refractivity contribution is 7.86. The SMILES string of the molecule is CCOc1cc2c(cc1OC)C(c1cnc(OC)cc1OC)=N[C@@H]1CC[C@@H](OS(=O)(=O)c3ccc(C)cc3)C[C@H]21. The second kappa shape index (κ2) is 11.5. The van der Waals surface area contributed by atoms with E-state index < -0.39 is 16.2 Å². The summed E-state index contributed by atoms with van der Waals surface area (Å²) < 4.78 is 54.5. The molecule has 1 fully saturated rings. The number of aromatic nitrogens is 1. The highest BCUT2D eigenvalue weighted by atomic mass is 32.2. The third-order valence-corrected chi connectivity index (χ3v) is 8.82. The van der Waals surface area contributed by atoms with Gasteiger partial charge in [0, 0.05) is 23.7 Å². The Morgan fingerprint density at radius 1 is 0.900 bits per heavy atom. The lowest BCUT2D eigenvalue weighted by Gasteiger charge is -2.38. The number of hydrogen-bond donors (Lipinski definition) is 0. The number of aryl methyl sites for hydroxylation is 1. The number of rotatable bonds is 9. The second-order valence-electron chi connectivity index (χ2n) is 9.90. The van der Waals surface area contributed by atoms with Crippen LogP contribution in [-0.2, 0) is 14.3 Å². The van der Waals surface area contributed by atoms with Crippen LogP contribution in [0.3, 0.4) is 0 Å². The van der Waals surface area contributed by atoms with Crippen molar-refractivity contribution in [2.75, 3.05) is 27.9 Å². The van der Waals surface area contributed by atoms with E-state index >= 15 is 0 Å². The highest BCUT2D eigenvalue weighted by Gasteiger charge is 2.40. The van der Waals surface area contributed by atoms with Crippen LogP contribution < -0.4 is 18.9 Å². The Hall–Kier alpha value is -3.63. The van der Waals surface area contributed by atoms with Gasteiger partial charge in [0.2, 0.25) is 5.88 Å². The molecule has 1 aliphatic carbocycles. The molecule has 10 heteroatoms. The summed E-state index contributed by atoms with van der Waals surface area (Å²) in [5.74, 6) is 2.15. The lowest BCUT2D eigenvalue weighted by atomic mass is 9.74. The molecule has 3 aromatic rings. The monoisotopic (exact) mass is 566 g/mol. The molecule has 0 amide bonds. The van der Waals surface area contributed by atoms with Crippen molar-refractivity contribution in [2.45, 2.75) is 56.1 Å². The quantitative estimate of drug-likeness (QED) is 0.331. The van der Waals surface area contributed by atoms with E-state index in [2.05, 4.69) is 4.98 Å². The van der Waals surface area contributed by atoms with Gasteiger partial charge in [-0.1, -0.05) is 17.7 Å². The Kier molecular flexibility index (Phi) is 8.00. The number of methoxy groups -OCH3 is 3. The molecule has 0 radical (unpaired) electrons. The van der Waals surface area contributed by atoms with Crippen LogP contribution in [-0.4, -0.2) is 59.2 Å². The van der Waals surface area contributed by atoms with Crippen molar-refractivity contribution < 1.29 is 31.5 Å². The molecule has 5 rings (SSSR count). The van der Waals surface area contributed by atoms with Gasteiger partial charge in [-0.2, -0.15) is 8.42 Å². The molecule has 0 bridgehead atoms. The van der Waals surface area contributed by atoms with Gasteiger partial charge in [0.05, 0.1) is 56.3 Å². The maximum atomic E-state index is 13.1. The summed E-state index contributed by atoms with van der Waals surface area (Å²) in [5.41, 5.74) is 4.30. The van der Waals surface area contributed by atoms with Crippen LogP contribution in [0.15, 0.2) is 58.5 Å². The number of hydrogen-bond acceptors (Lipinski definition) is 9. The summed E-state index contributed by atoms with van der Waals surface area (Å²) in [6.07, 6.45) is 2.93. The first-order valence-corrected chi connectivity index (χ1v) is 14.7. The third-order valence-electron chi connectivity index (χ3n) is 7.45. The zero-order valence-corrected chi connectivity index (χ0v) is 24.2. The van der Waals surface area contributed by atoms with Crippen LogP contribution in [0.1, 0.15) is 54.4 Å². The van der Waals surface area contributed by atoms with Crippen molar-refractivity contribution in [3.63, 3.8) is 0 Å². The highest BCUT2D eigenvalue weighted by Crippen LogP contribution is 2.46. The molecule has 2 heterocycles. The Morgan fingerprint density at radius 3 is 2.33 bits per heavy atom. The summed E-state index contributed by atoms with van der Waals surface area (Å²) in [7, 11) is 0.847. The largest absolute Gasteiger partial charge is 0.496 e. The molecule has 1 saturated carbocycles. The Morgan fingerprint density at radius 2 is 1.65 bits per heavy atom. The molecule has 0 unspecified atom stereocenters. The zero-order chi connectivity index (χ0) is 28.4. The normalized spacial score (nSPS) is 20.1. The van der Waals surface area contributed by atoms with E-state index in [-0.39, 0.29) is 16.9 Å². The summed E-state index contributed by atoms with van der Waals surface area (Å²) in [6.45, 7) is 4.31. The van der Waals surface area contributed by atoms with Crippen LogP contribution in [0.25, 0.3) is 0 Å². The van der Waals surface area contributed by atoms with E-state index in [1.165, 1.54) is 0 Å². The van der Waals surface area contributed by atoms with Crippen molar-refractivity contribution in [1.82, 2.24) is 4.98 Å². The van der Waals surface area contributed by atoms with Crippen LogP contribution in [0.5, 0.6) is 23.1 Å². The van der Waals surface area contributed by atoms with Gasteiger partial charge in [0.15, 0.2) is 11.5 Å². The predicted octanol–water partition coefficient (Wildman–Crippen LogP) is 5.08. The van der Waals surface area contributed by atoms with Gasteiger partial charge in [0.25, 0.3) is 10.1 Å². The molecule has 0 spiro atoms. The molecule has 9 nitrogen and oxygen atoms in total. The lowest BCUT2D eigenvalue weighted by Crippen LogP contribution is -2.36. The average molecular weight is 567 g/mol. The molecular weight excluding hydrogens is 532 g/mol. The minimum atomic E-state index is -3.91. The molecule has 2 aromatic carbocycles. The fraction of sp³-hybridized carbons (Fsp3) is 0.400. The zero-order valence-electron chi connectivity index (χ0n) is 23.3. The standard InChI is InChI=1S/C30H34N2O7S/c1-6-38-28-14-21-22-13-19(39-40(33,34)20-10-7-18(2)8-11-20)9-12-25(22)32-30(23(21)15-27(28)36-4)24-17-31-29(37-5)16-26(24)35-3/h7-8,10-11,14-17,19,22,25H,6,9,12-13H2,1-5H3/t19-,22-,25-/m1/s1. The maximum Gasteiger partial charge on any atom is 0.297 e. The second-order valence-corrected chi connectivity index (χ2v) is 11.5. The fourth-order valence-corrected chi connectivity index (χ4v) is 6.59. The van der Waals surface area contributed by atoms with E-state index in [9.17, 15) is 8.42 Å². The summed E-state index contributed by atoms with van der Waals surface area (Å²) in [5, 5.41) is 0. The Labute approximate surface area is 235 Å². The van der Waals surface area contributed by atoms with Crippen molar-refractivity contribution in [3.8, 4) is 23.1 Å². The molecule has 212 valence electrons. The van der Waals surface area contributed by atoms with E-state index in [0.717, 1.165) is 28.0 Å². The Bertz CT molecular complexity index is 1520.